The van der Waals surface area contributed by atoms with Crippen LogP contribution >= 0.6 is 24.8 Å². The molecule has 4 rings (SSSR count). The molecule has 46 heavy (non-hydrogen) atoms. The lowest BCUT2D eigenvalue weighted by molar-refractivity contribution is -0.143. The number of methoxy groups -OCH3 is 1. The van der Waals surface area contributed by atoms with Gasteiger partial charge in [0.05, 0.1) is 37.0 Å². The van der Waals surface area contributed by atoms with Gasteiger partial charge in [0.2, 0.25) is 0 Å². The first-order chi connectivity index (χ1) is 20.8. The summed E-state index contributed by atoms with van der Waals surface area (Å²) >= 11 is 0. The second-order valence-electron chi connectivity index (χ2n) is 11.8. The first-order valence-electron chi connectivity index (χ1n) is 15.0. The van der Waals surface area contributed by atoms with E-state index in [-0.39, 0.29) is 43.5 Å². The molecule has 2 aliphatic rings. The number of aryl methyl sites for hydroxylation is 2. The number of halogens is 8. The van der Waals surface area contributed by atoms with Crippen molar-refractivity contribution in [2.45, 2.75) is 57.5 Å². The molecular weight excluding hydrogens is 659 g/mol. The van der Waals surface area contributed by atoms with Crippen molar-refractivity contribution < 1.29 is 40.6 Å². The molecule has 1 amide bonds. The van der Waals surface area contributed by atoms with E-state index in [1.807, 2.05) is 32.0 Å². The molecule has 2 atom stereocenters. The predicted molar refractivity (Wildman–Crippen MR) is 169 cm³/mol. The summed E-state index contributed by atoms with van der Waals surface area (Å²) in [5.74, 6) is -0.827. The minimum Gasteiger partial charge on any atom is -0.383 e. The third-order valence-corrected chi connectivity index (χ3v) is 8.58. The minimum absolute atomic E-state index is 0. The van der Waals surface area contributed by atoms with Crippen molar-refractivity contribution in [2.24, 2.45) is 0 Å². The fraction of sp³-hybridized carbons (Fsp3) is 0.594. The molecule has 6 nitrogen and oxygen atoms in total. The van der Waals surface area contributed by atoms with Gasteiger partial charge in [-0.1, -0.05) is 18.2 Å². The number of alkyl halides is 6. The largest absolute Gasteiger partial charge is 0.416 e. The molecule has 0 radical (unpaired) electrons. The third-order valence-electron chi connectivity index (χ3n) is 8.58. The lowest BCUT2D eigenvalue weighted by Crippen LogP contribution is -2.56. The normalized spacial score (nSPS) is 19.8. The van der Waals surface area contributed by atoms with Crippen LogP contribution in [0.5, 0.6) is 0 Å². The van der Waals surface area contributed by atoms with Gasteiger partial charge in [0, 0.05) is 44.9 Å². The van der Waals surface area contributed by atoms with Gasteiger partial charge in [-0.15, -0.1) is 24.8 Å². The van der Waals surface area contributed by atoms with Crippen LogP contribution in [0, 0.1) is 13.8 Å². The molecule has 0 aliphatic carbocycles. The van der Waals surface area contributed by atoms with Gasteiger partial charge in [-0.2, -0.15) is 26.3 Å². The van der Waals surface area contributed by atoms with Gasteiger partial charge in [-0.3, -0.25) is 14.6 Å². The monoisotopic (exact) mass is 701 g/mol. The topological polar surface area (TPSA) is 45.3 Å². The van der Waals surface area contributed by atoms with Crippen LogP contribution in [0.4, 0.5) is 26.3 Å². The van der Waals surface area contributed by atoms with Crippen LogP contribution < -0.4 is 0 Å². The lowest BCUT2D eigenvalue weighted by Gasteiger charge is -2.42. The molecule has 2 heterocycles. The zero-order valence-electron chi connectivity index (χ0n) is 26.3. The number of morpholine rings is 1. The number of unbranched alkanes of at least 4 members (excludes halogenated alkanes) is 1. The van der Waals surface area contributed by atoms with Gasteiger partial charge in [-0.05, 0) is 81.1 Å². The van der Waals surface area contributed by atoms with E-state index in [9.17, 15) is 31.1 Å². The van der Waals surface area contributed by atoms with E-state index in [4.69, 9.17) is 9.47 Å². The molecule has 2 aromatic rings. The number of amides is 1. The SMILES string of the molecule is COC[C@H]1COCCN1CCCCN1CCN(C(=O)c2cc(C(F)(F)F)cc(C(F)(F)F)c2)[C@H](Cc2ccc(C)c(C)c2)C1.Cl.Cl. The highest BCUT2D eigenvalue weighted by atomic mass is 35.5. The Morgan fingerprint density at radius 1 is 0.870 bits per heavy atom. The number of hydrogen-bond donors (Lipinski definition) is 0. The quantitative estimate of drug-likeness (QED) is 0.204. The van der Waals surface area contributed by atoms with Crippen molar-refractivity contribution in [3.05, 3.63) is 69.8 Å². The van der Waals surface area contributed by atoms with Crippen molar-refractivity contribution in [1.82, 2.24) is 14.7 Å². The molecule has 0 aromatic heterocycles. The first-order valence-corrected chi connectivity index (χ1v) is 15.0. The molecule has 0 bridgehead atoms. The Labute approximate surface area is 279 Å². The zero-order chi connectivity index (χ0) is 32.1. The molecule has 2 fully saturated rings. The fourth-order valence-corrected chi connectivity index (χ4v) is 5.99. The van der Waals surface area contributed by atoms with Crippen LogP contribution in [-0.4, -0.2) is 98.9 Å². The molecule has 2 saturated heterocycles. The number of hydrogen-bond acceptors (Lipinski definition) is 5. The maximum absolute atomic E-state index is 13.7. The van der Waals surface area contributed by atoms with E-state index >= 15 is 0 Å². The lowest BCUT2D eigenvalue weighted by atomic mass is 9.97. The Balaban J connectivity index is 0.00000368. The maximum atomic E-state index is 13.7. The Hall–Kier alpha value is -2.09. The molecule has 0 N–H and O–H groups in total. The number of carbonyl (C=O) groups excluding carboxylic acids is 1. The van der Waals surface area contributed by atoms with E-state index in [2.05, 4.69) is 9.80 Å². The molecule has 0 unspecified atom stereocenters. The summed E-state index contributed by atoms with van der Waals surface area (Å²) in [6.45, 7) is 9.55. The van der Waals surface area contributed by atoms with Crippen LogP contribution in [0.25, 0.3) is 0 Å². The summed E-state index contributed by atoms with van der Waals surface area (Å²) < 4.78 is 92.1. The van der Waals surface area contributed by atoms with Gasteiger partial charge >= 0.3 is 12.4 Å². The molecule has 0 spiro atoms. The summed E-state index contributed by atoms with van der Waals surface area (Å²) in [7, 11) is 1.67. The fourth-order valence-electron chi connectivity index (χ4n) is 5.99. The molecule has 0 saturated carbocycles. The summed E-state index contributed by atoms with van der Waals surface area (Å²) in [4.78, 5) is 19.7. The van der Waals surface area contributed by atoms with Crippen molar-refractivity contribution in [3.8, 4) is 0 Å². The number of benzene rings is 2. The van der Waals surface area contributed by atoms with Gasteiger partial charge < -0.3 is 14.4 Å². The molecule has 2 aromatic carbocycles. The molecular formula is C32H43Cl2F6N3O3. The Morgan fingerprint density at radius 3 is 2.13 bits per heavy atom. The van der Waals surface area contributed by atoms with Gasteiger partial charge in [-0.25, -0.2) is 0 Å². The highest BCUT2D eigenvalue weighted by Gasteiger charge is 2.39. The number of piperazine rings is 1. The van der Waals surface area contributed by atoms with Crippen LogP contribution in [0.15, 0.2) is 36.4 Å². The first kappa shape index (κ1) is 40.1. The summed E-state index contributed by atoms with van der Waals surface area (Å²) in [5, 5.41) is 0. The Kier molecular flexibility index (Phi) is 15.1. The number of rotatable bonds is 10. The summed E-state index contributed by atoms with van der Waals surface area (Å²) in [6.07, 6.45) is -7.77. The predicted octanol–water partition coefficient (Wildman–Crippen LogP) is 6.68. The molecule has 14 heteroatoms. The van der Waals surface area contributed by atoms with Gasteiger partial charge in [0.15, 0.2) is 0 Å². The van der Waals surface area contributed by atoms with Gasteiger partial charge in [0.25, 0.3) is 5.91 Å². The Morgan fingerprint density at radius 2 is 1.52 bits per heavy atom. The van der Waals surface area contributed by atoms with Gasteiger partial charge in [0.1, 0.15) is 0 Å². The van der Waals surface area contributed by atoms with Crippen LogP contribution in [0.1, 0.15) is 51.0 Å². The van der Waals surface area contributed by atoms with Crippen molar-refractivity contribution in [3.63, 3.8) is 0 Å². The van der Waals surface area contributed by atoms with Crippen molar-refractivity contribution in [1.29, 1.82) is 0 Å². The third kappa shape index (κ3) is 10.7. The van der Waals surface area contributed by atoms with Crippen molar-refractivity contribution >= 4 is 30.7 Å². The average Bonchev–Trinajstić information content (AvgIpc) is 2.97. The average molecular weight is 703 g/mol. The second-order valence-corrected chi connectivity index (χ2v) is 11.8. The van der Waals surface area contributed by atoms with E-state index in [0.717, 1.165) is 49.2 Å². The smallest absolute Gasteiger partial charge is 0.383 e. The van der Waals surface area contributed by atoms with E-state index in [1.54, 1.807) is 7.11 Å². The minimum atomic E-state index is -5.03. The van der Waals surface area contributed by atoms with E-state index in [0.29, 0.717) is 51.5 Å². The highest BCUT2D eigenvalue weighted by Crippen LogP contribution is 2.37. The summed E-state index contributed by atoms with van der Waals surface area (Å²) in [5.41, 5.74) is -0.476. The number of nitrogens with zero attached hydrogens (tertiary/aromatic N) is 3. The summed E-state index contributed by atoms with van der Waals surface area (Å²) in [6, 6.07) is 6.85. The second kappa shape index (κ2) is 17.3. The number of carbonyl (C=O) groups is 1. The molecule has 2 aliphatic heterocycles. The number of ether oxygens (including phenoxy) is 2. The van der Waals surface area contributed by atoms with Crippen molar-refractivity contribution in [2.75, 3.05) is 66.2 Å². The van der Waals surface area contributed by atoms with E-state index in [1.165, 1.54) is 4.90 Å². The standard InChI is InChI=1S/C32H41F6N3O3.2ClH/c1-22-6-7-24(14-23(22)2)15-28-19-39(8-4-5-9-40-12-13-44-21-29(40)20-43-3)10-11-41(28)30(42)25-16-26(31(33,34)35)18-27(17-25)32(36,37)38;;/h6-7,14,16-18,28-29H,4-5,8-13,15,19-21H2,1-3H3;2*1H/t28-,29+;;/m1../s1. The van der Waals surface area contributed by atoms with Crippen LogP contribution in [-0.2, 0) is 28.2 Å². The highest BCUT2D eigenvalue weighted by molar-refractivity contribution is 5.95. The zero-order valence-corrected chi connectivity index (χ0v) is 27.9. The Bertz CT molecular complexity index is 1250. The van der Waals surface area contributed by atoms with Crippen LogP contribution in [0.2, 0.25) is 0 Å². The van der Waals surface area contributed by atoms with Crippen LogP contribution in [0.3, 0.4) is 0 Å². The maximum Gasteiger partial charge on any atom is 0.416 e. The van der Waals surface area contributed by atoms with E-state index < -0.39 is 41.0 Å². The molecule has 260 valence electrons.